The van der Waals surface area contributed by atoms with Gasteiger partial charge in [-0.2, -0.15) is 0 Å². The minimum Gasteiger partial charge on any atom is -0.508 e. The zero-order valence-corrected chi connectivity index (χ0v) is 34.7. The number of phenols is 3. The van der Waals surface area contributed by atoms with Crippen LogP contribution in [0.2, 0.25) is 0 Å². The fourth-order valence-corrected chi connectivity index (χ4v) is 6.60. The first-order chi connectivity index (χ1) is 28.1. The zero-order valence-electron chi connectivity index (χ0n) is 34.7. The van der Waals surface area contributed by atoms with Gasteiger partial charge in [-0.1, -0.05) is 101 Å². The van der Waals surface area contributed by atoms with Gasteiger partial charge in [0.15, 0.2) is 0 Å². The molecular formula is C48H59N5O5. The quantitative estimate of drug-likeness (QED) is 0.0733. The number of benzene rings is 4. The van der Waals surface area contributed by atoms with E-state index in [0.717, 1.165) is 59.9 Å². The van der Waals surface area contributed by atoms with E-state index in [-0.39, 0.29) is 29.1 Å². The maximum Gasteiger partial charge on any atom is 0.220 e. The number of hydrogen-bond acceptors (Lipinski definition) is 8. The van der Waals surface area contributed by atoms with Crippen LogP contribution in [-0.2, 0) is 9.59 Å². The van der Waals surface area contributed by atoms with Gasteiger partial charge < -0.3 is 30.9 Å². The summed E-state index contributed by atoms with van der Waals surface area (Å²) >= 11 is 0. The van der Waals surface area contributed by atoms with Crippen molar-refractivity contribution in [1.82, 2.24) is 20.6 Å². The van der Waals surface area contributed by atoms with E-state index < -0.39 is 12.1 Å². The first-order valence-electron chi connectivity index (χ1n) is 20.5. The predicted molar refractivity (Wildman–Crippen MR) is 235 cm³/mol. The summed E-state index contributed by atoms with van der Waals surface area (Å²) in [5, 5.41) is 39.0. The highest BCUT2D eigenvalue weighted by Gasteiger charge is 2.23. The number of nitrogens with zero attached hydrogens (tertiary/aromatic N) is 3. The maximum atomic E-state index is 12.6. The van der Waals surface area contributed by atoms with Gasteiger partial charge in [-0.3, -0.25) is 19.6 Å². The molecule has 0 saturated carbocycles. The molecule has 2 atom stereocenters. The molecule has 0 aliphatic rings. The van der Waals surface area contributed by atoms with Crippen LogP contribution in [0, 0.1) is 0 Å². The predicted octanol–water partition coefficient (Wildman–Crippen LogP) is 10.3. The Kier molecular flexibility index (Phi) is 17.3. The average Bonchev–Trinajstić information content (AvgIpc) is 3.24. The van der Waals surface area contributed by atoms with Crippen LogP contribution in [0.15, 0.2) is 109 Å². The van der Waals surface area contributed by atoms with Gasteiger partial charge in [0.25, 0.3) is 0 Å². The summed E-state index contributed by atoms with van der Waals surface area (Å²) in [7, 11) is 0. The van der Waals surface area contributed by atoms with E-state index in [1.54, 1.807) is 42.7 Å². The van der Waals surface area contributed by atoms with Crippen LogP contribution in [0.25, 0.3) is 21.8 Å². The minimum absolute atomic E-state index is 0.0183. The van der Waals surface area contributed by atoms with Gasteiger partial charge in [0.2, 0.25) is 11.8 Å². The SMILES string of the molecule is CCC.CCCC(=O)NC(c1ccc(O)cc1)c1ccc2cccnc2c1O.CCCCC(=O)NC(c1ccc(N(CC)CC)cc1)c1ccc2cccnc2c1O. The molecule has 10 heteroatoms. The molecule has 2 aromatic heterocycles. The number of aromatic hydroxyl groups is 3. The molecule has 0 aliphatic heterocycles. The molecule has 0 radical (unpaired) electrons. The van der Waals surface area contributed by atoms with E-state index in [1.165, 1.54) is 6.42 Å². The lowest BCUT2D eigenvalue weighted by molar-refractivity contribution is -0.122. The standard InChI is InChI=1S/C25H31N3O2.C20H20N2O3.C3H8/c1-4-7-10-22(29)27-23(19-11-14-20(15-12-19)28(5-2)6-3)21-16-13-18-9-8-17-26-24(18)25(21)30;1-2-4-17(24)22-18(14-6-9-15(23)10-7-14)16-11-8-13-5-3-12-21-19(13)20(16)25;1-3-2/h8-9,11-17,23,30H,4-7,10H2,1-3H3,(H,27,29);3,5-12,18,23,25H,2,4H2,1H3,(H,22,24);3H2,1-2H3. The van der Waals surface area contributed by atoms with Crippen LogP contribution in [0.4, 0.5) is 5.69 Å². The monoisotopic (exact) mass is 785 g/mol. The Bertz CT molecular complexity index is 2200. The van der Waals surface area contributed by atoms with Crippen molar-refractivity contribution >= 4 is 39.3 Å². The van der Waals surface area contributed by atoms with Crippen molar-refractivity contribution in [1.29, 1.82) is 0 Å². The number of amides is 2. The molecule has 2 unspecified atom stereocenters. The van der Waals surface area contributed by atoms with Crippen molar-refractivity contribution in [2.24, 2.45) is 0 Å². The number of unbranched alkanes of at least 4 members (excludes halogenated alkanes) is 1. The van der Waals surface area contributed by atoms with Crippen molar-refractivity contribution in [2.45, 2.75) is 92.2 Å². The van der Waals surface area contributed by atoms with E-state index in [4.69, 9.17) is 0 Å². The Morgan fingerprint density at radius 2 is 1.03 bits per heavy atom. The topological polar surface area (TPSA) is 148 Å². The Hall–Kier alpha value is -6.16. The third-order valence-electron chi connectivity index (χ3n) is 9.61. The van der Waals surface area contributed by atoms with E-state index in [1.807, 2.05) is 61.5 Å². The molecule has 2 heterocycles. The summed E-state index contributed by atoms with van der Waals surface area (Å²) in [6, 6.07) is 28.7. The molecular weight excluding hydrogens is 727 g/mol. The Morgan fingerprint density at radius 1 is 0.586 bits per heavy atom. The lowest BCUT2D eigenvalue weighted by Crippen LogP contribution is -2.29. The number of phenolic OH excluding ortho intramolecular Hbond substituents is 3. The number of carbonyl (C=O) groups is 2. The molecule has 306 valence electrons. The van der Waals surface area contributed by atoms with Gasteiger partial charge in [-0.25, -0.2) is 0 Å². The highest BCUT2D eigenvalue weighted by Crippen LogP contribution is 2.36. The van der Waals surface area contributed by atoms with Crippen LogP contribution >= 0.6 is 0 Å². The van der Waals surface area contributed by atoms with Crippen molar-refractivity contribution in [3.8, 4) is 17.2 Å². The number of hydrogen-bond donors (Lipinski definition) is 5. The number of nitrogens with one attached hydrogen (secondary N) is 2. The van der Waals surface area contributed by atoms with Gasteiger partial charge in [0.1, 0.15) is 28.3 Å². The van der Waals surface area contributed by atoms with Crippen molar-refractivity contribution in [3.63, 3.8) is 0 Å². The van der Waals surface area contributed by atoms with Gasteiger partial charge in [0.05, 0.1) is 12.1 Å². The number of fused-ring (bicyclic) bond motifs is 2. The van der Waals surface area contributed by atoms with Crippen LogP contribution in [0.1, 0.15) is 114 Å². The Morgan fingerprint density at radius 3 is 1.47 bits per heavy atom. The smallest absolute Gasteiger partial charge is 0.220 e. The summed E-state index contributed by atoms with van der Waals surface area (Å²) in [6.45, 7) is 14.4. The van der Waals surface area contributed by atoms with Crippen molar-refractivity contribution < 1.29 is 24.9 Å². The number of rotatable bonds is 14. The molecule has 0 spiro atoms. The Balaban J connectivity index is 0.000000244. The second-order valence-corrected chi connectivity index (χ2v) is 14.1. The number of anilines is 1. The molecule has 58 heavy (non-hydrogen) atoms. The third kappa shape index (κ3) is 11.7. The van der Waals surface area contributed by atoms with Crippen molar-refractivity contribution in [2.75, 3.05) is 18.0 Å². The van der Waals surface area contributed by atoms with Gasteiger partial charge in [-0.15, -0.1) is 0 Å². The fraction of sp³-hybridized carbons (Fsp3) is 0.333. The molecule has 6 aromatic rings. The number of aromatic nitrogens is 2. The lowest BCUT2D eigenvalue weighted by Gasteiger charge is -2.24. The molecule has 5 N–H and O–H groups in total. The van der Waals surface area contributed by atoms with Crippen LogP contribution in [-0.4, -0.2) is 50.2 Å². The van der Waals surface area contributed by atoms with Crippen LogP contribution in [0.3, 0.4) is 0 Å². The highest BCUT2D eigenvalue weighted by molar-refractivity contribution is 5.87. The largest absolute Gasteiger partial charge is 0.508 e. The first-order valence-corrected chi connectivity index (χ1v) is 20.5. The highest BCUT2D eigenvalue weighted by atomic mass is 16.3. The average molecular weight is 786 g/mol. The van der Waals surface area contributed by atoms with Gasteiger partial charge in [-0.05, 0) is 74.2 Å². The number of pyridine rings is 2. The zero-order chi connectivity index (χ0) is 42.0. The molecule has 6 rings (SSSR count). The lowest BCUT2D eigenvalue weighted by atomic mass is 9.95. The molecule has 10 nitrogen and oxygen atoms in total. The van der Waals surface area contributed by atoms with E-state index in [2.05, 4.69) is 72.3 Å². The summed E-state index contributed by atoms with van der Waals surface area (Å²) in [4.78, 5) is 35.6. The molecule has 0 bridgehead atoms. The van der Waals surface area contributed by atoms with E-state index in [0.29, 0.717) is 35.0 Å². The first kappa shape index (κ1) is 44.6. The molecule has 0 saturated heterocycles. The van der Waals surface area contributed by atoms with E-state index >= 15 is 0 Å². The van der Waals surface area contributed by atoms with E-state index in [9.17, 15) is 24.9 Å². The summed E-state index contributed by atoms with van der Waals surface area (Å²) in [5.41, 5.74) is 5.11. The molecule has 4 aromatic carbocycles. The van der Waals surface area contributed by atoms with Crippen LogP contribution in [0.5, 0.6) is 17.2 Å². The third-order valence-corrected chi connectivity index (χ3v) is 9.61. The maximum absolute atomic E-state index is 12.6. The summed E-state index contributed by atoms with van der Waals surface area (Å²) in [6.07, 6.45) is 7.95. The minimum atomic E-state index is -0.522. The normalized spacial score (nSPS) is 11.7. The van der Waals surface area contributed by atoms with Gasteiger partial charge >= 0.3 is 0 Å². The summed E-state index contributed by atoms with van der Waals surface area (Å²) < 4.78 is 0. The molecule has 0 aliphatic carbocycles. The number of carbonyl (C=O) groups excluding carboxylic acids is 2. The summed E-state index contributed by atoms with van der Waals surface area (Å²) in [5.74, 6) is 0.192. The van der Waals surface area contributed by atoms with Crippen molar-refractivity contribution in [3.05, 3.63) is 132 Å². The molecule has 0 fully saturated rings. The van der Waals surface area contributed by atoms with Gasteiger partial charge in [0, 0.05) is 65.9 Å². The second kappa shape index (κ2) is 22.5. The Labute approximate surface area is 343 Å². The second-order valence-electron chi connectivity index (χ2n) is 14.1. The van der Waals surface area contributed by atoms with Crippen LogP contribution < -0.4 is 15.5 Å². The molecule has 2 amide bonds. The fourth-order valence-electron chi connectivity index (χ4n) is 6.60.